The van der Waals surface area contributed by atoms with Gasteiger partial charge < -0.3 is 19.7 Å². The topological polar surface area (TPSA) is 105 Å². The van der Waals surface area contributed by atoms with Crippen LogP contribution in [0, 0.1) is 11.3 Å². The lowest BCUT2D eigenvalue weighted by molar-refractivity contribution is -0.0897. The highest BCUT2D eigenvalue weighted by atomic mass is 35.5. The van der Waals surface area contributed by atoms with Crippen LogP contribution in [0.5, 0.6) is 11.8 Å². The van der Waals surface area contributed by atoms with Crippen LogP contribution in [0.15, 0.2) is 60.7 Å². The summed E-state index contributed by atoms with van der Waals surface area (Å²) >= 11 is 5.90. The summed E-state index contributed by atoms with van der Waals surface area (Å²) in [5.74, 6) is -0.680. The number of hydrogen-bond acceptors (Lipinski definition) is 6. The van der Waals surface area contributed by atoms with Crippen LogP contribution in [-0.4, -0.2) is 27.4 Å². The molecule has 1 fully saturated rings. The minimum absolute atomic E-state index is 0.0716. The minimum Gasteiger partial charge on any atom is -0.494 e. The predicted octanol–water partition coefficient (Wildman–Crippen LogP) is 6.05. The molecule has 1 aromatic heterocycles. The average Bonchev–Trinajstić information content (AvgIpc) is 3.48. The van der Waals surface area contributed by atoms with E-state index in [0.29, 0.717) is 52.2 Å². The molecule has 0 saturated carbocycles. The minimum atomic E-state index is -0.903. The molecule has 37 heavy (non-hydrogen) atoms. The van der Waals surface area contributed by atoms with Gasteiger partial charge in [0, 0.05) is 22.2 Å². The third-order valence-electron chi connectivity index (χ3n) is 7.61. The molecule has 0 amide bonds. The number of rotatable bonds is 5. The second-order valence-electron chi connectivity index (χ2n) is 9.74. The number of aromatic nitrogens is 1. The normalized spacial score (nSPS) is 21.6. The molecule has 1 saturated heterocycles. The van der Waals surface area contributed by atoms with E-state index < -0.39 is 17.2 Å². The lowest BCUT2D eigenvalue weighted by Gasteiger charge is -2.26. The maximum absolute atomic E-state index is 12.5. The van der Waals surface area contributed by atoms with Crippen molar-refractivity contribution in [1.82, 2.24) is 4.57 Å². The molecular formula is C29H23ClN2O5. The number of hydrogen-bond donors (Lipinski definition) is 2. The number of ether oxygens (including phenoxy) is 2. The summed E-state index contributed by atoms with van der Waals surface area (Å²) in [6.45, 7) is 1.98. The second kappa shape index (κ2) is 8.27. The van der Waals surface area contributed by atoms with E-state index in [4.69, 9.17) is 21.1 Å². The van der Waals surface area contributed by atoms with Gasteiger partial charge >= 0.3 is 5.97 Å². The smallest absolute Gasteiger partial charge is 0.338 e. The third-order valence-corrected chi connectivity index (χ3v) is 7.87. The molecule has 6 rings (SSSR count). The van der Waals surface area contributed by atoms with Gasteiger partial charge in [0.15, 0.2) is 0 Å². The van der Waals surface area contributed by atoms with Gasteiger partial charge in [0.25, 0.3) is 0 Å². The molecule has 3 heterocycles. The SMILES string of the molecule is C[C@]12CC[C@](CCOC(=O)c3ccc(Cl)cc3)(O1)c1c2c(O)n(-c2ccc(C#N)c3ccccc23)c1O. The molecule has 3 aromatic carbocycles. The maximum Gasteiger partial charge on any atom is 0.338 e. The van der Waals surface area contributed by atoms with Crippen molar-refractivity contribution >= 4 is 28.3 Å². The number of nitriles is 1. The molecule has 2 bridgehead atoms. The first-order chi connectivity index (χ1) is 17.8. The number of aromatic hydroxyl groups is 2. The van der Waals surface area contributed by atoms with Crippen LogP contribution in [0.3, 0.4) is 0 Å². The first-order valence-corrected chi connectivity index (χ1v) is 12.4. The summed E-state index contributed by atoms with van der Waals surface area (Å²) in [7, 11) is 0. The average molecular weight is 515 g/mol. The Bertz CT molecular complexity index is 1620. The molecule has 4 aromatic rings. The highest BCUT2D eigenvalue weighted by molar-refractivity contribution is 6.30. The molecule has 2 N–H and O–H groups in total. The molecule has 0 spiro atoms. The zero-order chi connectivity index (χ0) is 25.9. The van der Waals surface area contributed by atoms with Crippen molar-refractivity contribution in [2.75, 3.05) is 6.61 Å². The van der Waals surface area contributed by atoms with Crippen molar-refractivity contribution in [2.24, 2.45) is 0 Å². The number of halogens is 1. The molecule has 0 unspecified atom stereocenters. The predicted molar refractivity (Wildman–Crippen MR) is 137 cm³/mol. The molecule has 2 atom stereocenters. The summed E-state index contributed by atoms with van der Waals surface area (Å²) < 4.78 is 13.4. The van der Waals surface area contributed by atoms with E-state index in [2.05, 4.69) is 6.07 Å². The summed E-state index contributed by atoms with van der Waals surface area (Å²) in [5, 5.41) is 34.5. The zero-order valence-electron chi connectivity index (χ0n) is 20.0. The van der Waals surface area contributed by atoms with Crippen LogP contribution in [0.2, 0.25) is 5.02 Å². The van der Waals surface area contributed by atoms with E-state index >= 15 is 0 Å². The van der Waals surface area contributed by atoms with Crippen LogP contribution in [0.1, 0.15) is 53.2 Å². The fourth-order valence-electron chi connectivity index (χ4n) is 5.89. The highest BCUT2D eigenvalue weighted by Crippen LogP contribution is 2.65. The van der Waals surface area contributed by atoms with Gasteiger partial charge in [-0.2, -0.15) is 5.26 Å². The maximum atomic E-state index is 12.5. The highest BCUT2D eigenvalue weighted by Gasteiger charge is 2.61. The van der Waals surface area contributed by atoms with Crippen molar-refractivity contribution in [1.29, 1.82) is 5.26 Å². The van der Waals surface area contributed by atoms with E-state index in [0.717, 1.165) is 10.8 Å². The largest absolute Gasteiger partial charge is 0.494 e. The van der Waals surface area contributed by atoms with Crippen molar-refractivity contribution in [3.63, 3.8) is 0 Å². The Labute approximate surface area is 218 Å². The first-order valence-electron chi connectivity index (χ1n) is 12.0. The van der Waals surface area contributed by atoms with Crippen LogP contribution >= 0.6 is 11.6 Å². The Morgan fingerprint density at radius 3 is 2.49 bits per heavy atom. The van der Waals surface area contributed by atoms with Crippen molar-refractivity contribution in [2.45, 2.75) is 37.4 Å². The second-order valence-corrected chi connectivity index (χ2v) is 10.2. The number of benzene rings is 3. The first kappa shape index (κ1) is 23.4. The standard InChI is InChI=1S/C29H23ClN2O5/c1-28-12-13-29(37-28,14-15-36-27(35)17-6-9-19(30)10-7-17)24-23(28)25(33)32(26(24)34)22-11-8-18(16-31)20-4-2-3-5-21(20)22/h2-11,33-34H,12-15H2,1H3/t28-,29-/m1/s1. The zero-order valence-corrected chi connectivity index (χ0v) is 20.7. The lowest BCUT2D eigenvalue weighted by atomic mass is 9.78. The Hall–Kier alpha value is -3.99. The van der Waals surface area contributed by atoms with Crippen LogP contribution in [-0.2, 0) is 20.7 Å². The van der Waals surface area contributed by atoms with Crippen molar-refractivity contribution < 1.29 is 24.5 Å². The van der Waals surface area contributed by atoms with Gasteiger partial charge in [0.1, 0.15) is 5.60 Å². The van der Waals surface area contributed by atoms with Gasteiger partial charge in [0.2, 0.25) is 11.8 Å². The molecule has 2 aliphatic heterocycles. The fourth-order valence-corrected chi connectivity index (χ4v) is 6.01. The molecule has 0 radical (unpaired) electrons. The number of nitrogens with zero attached hydrogens (tertiary/aromatic N) is 2. The van der Waals surface area contributed by atoms with Gasteiger partial charge in [-0.3, -0.25) is 4.57 Å². The van der Waals surface area contributed by atoms with Crippen LogP contribution in [0.4, 0.5) is 0 Å². The third kappa shape index (κ3) is 3.41. The van der Waals surface area contributed by atoms with E-state index in [1.54, 1.807) is 36.4 Å². The Balaban J connectivity index is 1.37. The van der Waals surface area contributed by atoms with Crippen molar-refractivity contribution in [3.05, 3.63) is 87.9 Å². The summed E-state index contributed by atoms with van der Waals surface area (Å²) in [6, 6.07) is 19.5. The number of carbonyl (C=O) groups excluding carboxylic acids is 1. The molecule has 8 heteroatoms. The monoisotopic (exact) mass is 514 g/mol. The number of fused-ring (bicyclic) bond motifs is 6. The molecule has 186 valence electrons. The quantitative estimate of drug-likeness (QED) is 0.314. The Morgan fingerprint density at radius 2 is 1.76 bits per heavy atom. The van der Waals surface area contributed by atoms with E-state index in [1.165, 1.54) is 4.57 Å². The van der Waals surface area contributed by atoms with Gasteiger partial charge in [-0.05, 0) is 56.2 Å². The van der Waals surface area contributed by atoms with E-state index in [9.17, 15) is 20.3 Å². The fraction of sp³-hybridized carbons (Fsp3) is 0.241. The van der Waals surface area contributed by atoms with E-state index in [-0.39, 0.29) is 18.4 Å². The van der Waals surface area contributed by atoms with Crippen LogP contribution < -0.4 is 0 Å². The molecule has 0 aliphatic carbocycles. The van der Waals surface area contributed by atoms with Gasteiger partial charge in [-0.15, -0.1) is 0 Å². The molecular weight excluding hydrogens is 492 g/mol. The molecule has 7 nitrogen and oxygen atoms in total. The summed E-state index contributed by atoms with van der Waals surface area (Å²) in [5.41, 5.74) is 0.845. The van der Waals surface area contributed by atoms with Gasteiger partial charge in [0.05, 0.1) is 46.2 Å². The number of carbonyl (C=O) groups is 1. The van der Waals surface area contributed by atoms with E-state index in [1.807, 2.05) is 31.2 Å². The Kier molecular flexibility index (Phi) is 5.23. The summed E-state index contributed by atoms with van der Waals surface area (Å²) in [6.07, 6.45) is 1.58. The Morgan fingerprint density at radius 1 is 1.05 bits per heavy atom. The lowest BCUT2D eigenvalue weighted by Crippen LogP contribution is -2.25. The summed E-state index contributed by atoms with van der Waals surface area (Å²) in [4.78, 5) is 12.5. The van der Waals surface area contributed by atoms with Crippen LogP contribution in [0.25, 0.3) is 16.5 Å². The van der Waals surface area contributed by atoms with Crippen molar-refractivity contribution in [3.8, 4) is 23.5 Å². The molecule has 2 aliphatic rings. The van der Waals surface area contributed by atoms with Gasteiger partial charge in [-0.1, -0.05) is 35.9 Å². The van der Waals surface area contributed by atoms with Gasteiger partial charge in [-0.25, -0.2) is 4.79 Å². The number of esters is 1.